The Morgan fingerprint density at radius 1 is 1.27 bits per heavy atom. The maximum absolute atomic E-state index is 12.3. The summed E-state index contributed by atoms with van der Waals surface area (Å²) >= 11 is 0. The van der Waals surface area contributed by atoms with E-state index in [9.17, 15) is 9.90 Å². The van der Waals surface area contributed by atoms with Crippen molar-refractivity contribution in [1.29, 1.82) is 0 Å². The van der Waals surface area contributed by atoms with Gasteiger partial charge in [-0.2, -0.15) is 0 Å². The van der Waals surface area contributed by atoms with Gasteiger partial charge in [-0.1, -0.05) is 30.3 Å². The minimum absolute atomic E-state index is 0.0315. The molecule has 0 aliphatic carbocycles. The number of hydrogen-bond acceptors (Lipinski definition) is 3. The number of nitrogens with zero attached hydrogens (tertiary/aromatic N) is 1. The van der Waals surface area contributed by atoms with Gasteiger partial charge in [-0.05, 0) is 37.3 Å². The van der Waals surface area contributed by atoms with Gasteiger partial charge in [0.2, 0.25) is 5.91 Å². The van der Waals surface area contributed by atoms with Crippen LogP contribution in [0.5, 0.6) is 0 Å². The van der Waals surface area contributed by atoms with E-state index in [4.69, 9.17) is 4.74 Å². The van der Waals surface area contributed by atoms with Crippen molar-refractivity contribution in [3.05, 3.63) is 42.0 Å². The van der Waals surface area contributed by atoms with E-state index in [-0.39, 0.29) is 5.91 Å². The molecule has 2 heterocycles. The summed E-state index contributed by atoms with van der Waals surface area (Å²) in [5, 5.41) is 10.2. The van der Waals surface area contributed by atoms with E-state index in [1.807, 2.05) is 41.3 Å². The van der Waals surface area contributed by atoms with Gasteiger partial charge in [0.05, 0.1) is 11.7 Å². The predicted molar refractivity (Wildman–Crippen MR) is 85.2 cm³/mol. The van der Waals surface area contributed by atoms with Crippen LogP contribution in [0.1, 0.15) is 31.2 Å². The molecule has 1 spiro atoms. The number of ether oxygens (including phenoxy) is 1. The van der Waals surface area contributed by atoms with E-state index >= 15 is 0 Å². The van der Waals surface area contributed by atoms with Gasteiger partial charge in [0.25, 0.3) is 0 Å². The second-order valence-corrected chi connectivity index (χ2v) is 6.14. The normalized spacial score (nSPS) is 24.8. The van der Waals surface area contributed by atoms with Gasteiger partial charge in [-0.15, -0.1) is 0 Å². The largest absolute Gasteiger partial charge is 0.390 e. The maximum atomic E-state index is 12.3. The maximum Gasteiger partial charge on any atom is 0.246 e. The average Bonchev–Trinajstić information content (AvgIpc) is 2.57. The summed E-state index contributed by atoms with van der Waals surface area (Å²) in [6.45, 7) is 2.02. The zero-order valence-electron chi connectivity index (χ0n) is 12.8. The molecule has 0 radical (unpaired) electrons. The predicted octanol–water partition coefficient (Wildman–Crippen LogP) is 2.23. The van der Waals surface area contributed by atoms with Crippen LogP contribution in [-0.4, -0.2) is 47.3 Å². The lowest BCUT2D eigenvalue weighted by molar-refractivity contribution is -0.178. The zero-order chi connectivity index (χ0) is 15.4. The molecule has 1 atom stereocenters. The number of carbonyl (C=O) groups excluding carboxylic acids is 1. The topological polar surface area (TPSA) is 49.8 Å². The van der Waals surface area contributed by atoms with Crippen LogP contribution in [0.2, 0.25) is 0 Å². The van der Waals surface area contributed by atoms with Gasteiger partial charge >= 0.3 is 0 Å². The number of aliphatic hydroxyl groups excluding tert-OH is 1. The molecule has 2 aliphatic heterocycles. The van der Waals surface area contributed by atoms with Gasteiger partial charge in [-0.25, -0.2) is 0 Å². The molecular formula is C18H23NO3. The van der Waals surface area contributed by atoms with Gasteiger partial charge in [-0.3, -0.25) is 4.79 Å². The molecule has 118 valence electrons. The molecule has 1 amide bonds. The van der Waals surface area contributed by atoms with Crippen LogP contribution in [0.25, 0.3) is 6.08 Å². The third-order valence-corrected chi connectivity index (χ3v) is 4.76. The molecule has 1 unspecified atom stereocenters. The van der Waals surface area contributed by atoms with Gasteiger partial charge in [0.1, 0.15) is 0 Å². The molecule has 0 saturated carbocycles. The lowest BCUT2D eigenvalue weighted by atomic mass is 9.82. The molecule has 22 heavy (non-hydrogen) atoms. The van der Waals surface area contributed by atoms with Crippen molar-refractivity contribution in [2.24, 2.45) is 0 Å². The lowest BCUT2D eigenvalue weighted by Gasteiger charge is -2.46. The van der Waals surface area contributed by atoms with Crippen LogP contribution >= 0.6 is 0 Å². The highest BCUT2D eigenvalue weighted by molar-refractivity contribution is 5.91. The standard InChI is InChI=1S/C18H23NO3/c20-16-7-4-14-22-18(16)10-12-19(13-11-18)17(21)9-8-15-5-2-1-3-6-15/h1-3,5-6,8-9,16,20H,4,7,10-14H2/b9-8+. The number of rotatable bonds is 2. The first-order valence-electron chi connectivity index (χ1n) is 8.04. The third-order valence-electron chi connectivity index (χ3n) is 4.76. The Bertz CT molecular complexity index is 533. The van der Waals surface area contributed by atoms with Crippen LogP contribution < -0.4 is 0 Å². The summed E-state index contributed by atoms with van der Waals surface area (Å²) in [6.07, 6.45) is 6.26. The Kier molecular flexibility index (Phi) is 4.60. The fourth-order valence-corrected chi connectivity index (χ4v) is 3.33. The van der Waals surface area contributed by atoms with E-state index in [1.54, 1.807) is 6.08 Å². The van der Waals surface area contributed by atoms with Crippen LogP contribution in [-0.2, 0) is 9.53 Å². The summed E-state index contributed by atoms with van der Waals surface area (Å²) < 4.78 is 5.87. The Balaban J connectivity index is 1.57. The van der Waals surface area contributed by atoms with Crippen LogP contribution in [0, 0.1) is 0 Å². The van der Waals surface area contributed by atoms with Gasteiger partial charge < -0.3 is 14.7 Å². The lowest BCUT2D eigenvalue weighted by Crippen LogP contribution is -2.55. The van der Waals surface area contributed by atoms with Crippen molar-refractivity contribution in [2.45, 2.75) is 37.4 Å². The van der Waals surface area contributed by atoms with Crippen LogP contribution in [0.15, 0.2) is 36.4 Å². The van der Waals surface area contributed by atoms with Crippen molar-refractivity contribution >= 4 is 12.0 Å². The van der Waals surface area contributed by atoms with Crippen molar-refractivity contribution in [3.8, 4) is 0 Å². The van der Waals surface area contributed by atoms with Crippen molar-refractivity contribution in [1.82, 2.24) is 4.90 Å². The highest BCUT2D eigenvalue weighted by Crippen LogP contribution is 2.35. The van der Waals surface area contributed by atoms with Gasteiger partial charge in [0.15, 0.2) is 0 Å². The molecule has 0 bridgehead atoms. The molecule has 0 aromatic heterocycles. The number of aliphatic hydroxyl groups is 1. The summed E-state index contributed by atoms with van der Waals surface area (Å²) in [4.78, 5) is 14.1. The zero-order valence-corrected chi connectivity index (χ0v) is 12.8. The second kappa shape index (κ2) is 6.63. The molecular weight excluding hydrogens is 278 g/mol. The first-order valence-corrected chi connectivity index (χ1v) is 8.04. The number of hydrogen-bond donors (Lipinski definition) is 1. The van der Waals surface area contributed by atoms with E-state index in [1.165, 1.54) is 0 Å². The van der Waals surface area contributed by atoms with Crippen LogP contribution in [0.4, 0.5) is 0 Å². The number of amides is 1. The van der Waals surface area contributed by atoms with E-state index in [2.05, 4.69) is 0 Å². The number of benzene rings is 1. The second-order valence-electron chi connectivity index (χ2n) is 6.14. The summed E-state index contributed by atoms with van der Waals surface area (Å²) in [5.41, 5.74) is 0.605. The van der Waals surface area contributed by atoms with Gasteiger partial charge in [0, 0.05) is 25.8 Å². The Morgan fingerprint density at radius 3 is 2.68 bits per heavy atom. The van der Waals surface area contributed by atoms with E-state index in [0.717, 1.165) is 37.9 Å². The highest BCUT2D eigenvalue weighted by atomic mass is 16.5. The van der Waals surface area contributed by atoms with Crippen molar-refractivity contribution in [3.63, 3.8) is 0 Å². The molecule has 1 N–H and O–H groups in total. The average molecular weight is 301 g/mol. The molecule has 4 heteroatoms. The van der Waals surface area contributed by atoms with Crippen molar-refractivity contribution in [2.75, 3.05) is 19.7 Å². The Labute approximate surface area is 131 Å². The minimum Gasteiger partial charge on any atom is -0.390 e. The van der Waals surface area contributed by atoms with E-state index in [0.29, 0.717) is 13.1 Å². The number of piperidine rings is 1. The summed E-state index contributed by atoms with van der Waals surface area (Å²) in [7, 11) is 0. The highest BCUT2D eigenvalue weighted by Gasteiger charge is 2.44. The molecule has 4 nitrogen and oxygen atoms in total. The number of carbonyl (C=O) groups is 1. The Morgan fingerprint density at radius 2 is 2.00 bits per heavy atom. The smallest absolute Gasteiger partial charge is 0.246 e. The fourth-order valence-electron chi connectivity index (χ4n) is 3.33. The molecule has 3 rings (SSSR count). The fraction of sp³-hybridized carbons (Fsp3) is 0.500. The monoisotopic (exact) mass is 301 g/mol. The summed E-state index contributed by atoms with van der Waals surface area (Å²) in [5.74, 6) is 0.0315. The Hall–Kier alpha value is -1.65. The SMILES string of the molecule is O=C(/C=C/c1ccccc1)N1CCC2(CC1)OCCCC2O. The van der Waals surface area contributed by atoms with E-state index < -0.39 is 11.7 Å². The first kappa shape index (κ1) is 15.3. The van der Waals surface area contributed by atoms with Crippen molar-refractivity contribution < 1.29 is 14.6 Å². The molecule has 2 fully saturated rings. The third kappa shape index (κ3) is 3.23. The number of likely N-dealkylation sites (tertiary alicyclic amines) is 1. The first-order chi connectivity index (χ1) is 10.7. The minimum atomic E-state index is -0.418. The quantitative estimate of drug-likeness (QED) is 0.852. The molecule has 1 aromatic rings. The molecule has 2 saturated heterocycles. The molecule has 2 aliphatic rings. The van der Waals surface area contributed by atoms with Crippen LogP contribution in [0.3, 0.4) is 0 Å². The summed E-state index contributed by atoms with van der Waals surface area (Å²) in [6, 6.07) is 9.81. The molecule has 1 aromatic carbocycles.